The summed E-state index contributed by atoms with van der Waals surface area (Å²) in [6.45, 7) is 2.65. The van der Waals surface area contributed by atoms with Crippen LogP contribution in [0.1, 0.15) is 13.3 Å². The predicted octanol–water partition coefficient (Wildman–Crippen LogP) is 0.813. The van der Waals surface area contributed by atoms with Gasteiger partial charge in [0.1, 0.15) is 5.82 Å². The van der Waals surface area contributed by atoms with Crippen LogP contribution in [0, 0.1) is 0 Å². The van der Waals surface area contributed by atoms with Crippen molar-refractivity contribution < 1.29 is 0 Å². The number of nitrogen functional groups attached to an aromatic ring is 1. The average molecular weight is 266 g/mol. The molecule has 0 aliphatic carbocycles. The van der Waals surface area contributed by atoms with E-state index in [1.807, 2.05) is 13.0 Å². The first-order chi connectivity index (χ1) is 8.74. The quantitative estimate of drug-likeness (QED) is 0.547. The van der Waals surface area contributed by atoms with Gasteiger partial charge in [0, 0.05) is 17.6 Å². The number of nitrogens with zero attached hydrogens (tertiary/aromatic N) is 3. The largest absolute Gasteiger partial charge is 0.343 e. The summed E-state index contributed by atoms with van der Waals surface area (Å²) >= 11 is 1.39. The van der Waals surface area contributed by atoms with Gasteiger partial charge in [0.15, 0.2) is 5.16 Å². The van der Waals surface area contributed by atoms with E-state index in [-0.39, 0.29) is 5.69 Å². The van der Waals surface area contributed by atoms with Crippen molar-refractivity contribution in [2.24, 2.45) is 5.84 Å². The molecule has 0 unspecified atom stereocenters. The highest BCUT2D eigenvalue weighted by atomic mass is 32.2. The fourth-order valence-electron chi connectivity index (χ4n) is 1.46. The third-order valence-corrected chi connectivity index (χ3v) is 3.24. The molecule has 0 aliphatic rings. The molecule has 0 saturated carbocycles. The van der Waals surface area contributed by atoms with Gasteiger partial charge in [-0.3, -0.25) is 4.57 Å². The van der Waals surface area contributed by atoms with E-state index in [4.69, 9.17) is 5.84 Å². The van der Waals surface area contributed by atoms with Crippen LogP contribution in [0.5, 0.6) is 0 Å². The van der Waals surface area contributed by atoms with Crippen molar-refractivity contribution in [3.63, 3.8) is 0 Å². The van der Waals surface area contributed by atoms with Crippen LogP contribution >= 0.6 is 11.8 Å². The number of H-pyrrole nitrogens is 1. The lowest BCUT2D eigenvalue weighted by Gasteiger charge is -2.04. The standard InChI is InChI=1S/C10H14N6OS/c1-2-5-16-9(17)14-15-10(16)18-7-3-4-12-8(6-7)13-11/h3-4,6H,2,5,11H2,1H3,(H,12,13)(H,14,17). The molecule has 0 saturated heterocycles. The van der Waals surface area contributed by atoms with Crippen LogP contribution in [-0.4, -0.2) is 19.7 Å². The predicted molar refractivity (Wildman–Crippen MR) is 69.3 cm³/mol. The number of hydrazine groups is 1. The average Bonchev–Trinajstić information content (AvgIpc) is 2.72. The van der Waals surface area contributed by atoms with Crippen molar-refractivity contribution in [2.45, 2.75) is 29.9 Å². The molecule has 7 nitrogen and oxygen atoms in total. The fraction of sp³-hybridized carbons (Fsp3) is 0.300. The van der Waals surface area contributed by atoms with Crippen molar-refractivity contribution in [3.05, 3.63) is 28.8 Å². The second-order valence-electron chi connectivity index (χ2n) is 3.59. The van der Waals surface area contributed by atoms with Gasteiger partial charge in [-0.25, -0.2) is 20.7 Å². The molecular formula is C10H14N6OS. The van der Waals surface area contributed by atoms with Crippen molar-refractivity contribution >= 4 is 17.6 Å². The molecule has 96 valence electrons. The molecule has 0 spiro atoms. The van der Waals surface area contributed by atoms with Crippen LogP contribution in [0.2, 0.25) is 0 Å². The molecule has 0 radical (unpaired) electrons. The number of nitrogens with one attached hydrogen (secondary N) is 2. The Morgan fingerprint density at radius 3 is 3.17 bits per heavy atom. The van der Waals surface area contributed by atoms with Gasteiger partial charge in [-0.15, -0.1) is 5.10 Å². The lowest BCUT2D eigenvalue weighted by molar-refractivity contribution is 0.604. The number of rotatable bonds is 5. The number of hydrogen-bond acceptors (Lipinski definition) is 6. The van der Waals surface area contributed by atoms with Crippen LogP contribution in [0.25, 0.3) is 0 Å². The first-order valence-corrected chi connectivity index (χ1v) is 6.32. The fourth-order valence-corrected chi connectivity index (χ4v) is 2.35. The minimum Gasteiger partial charge on any atom is -0.308 e. The molecule has 4 N–H and O–H groups in total. The molecule has 18 heavy (non-hydrogen) atoms. The molecule has 0 atom stereocenters. The van der Waals surface area contributed by atoms with Gasteiger partial charge in [0.05, 0.1) is 0 Å². The SMILES string of the molecule is CCCn1c(Sc2ccnc(NN)c2)n[nH]c1=O. The number of anilines is 1. The van der Waals surface area contributed by atoms with E-state index in [0.717, 1.165) is 11.3 Å². The van der Waals surface area contributed by atoms with Crippen molar-refractivity contribution in [3.8, 4) is 0 Å². The lowest BCUT2D eigenvalue weighted by atomic mass is 10.5. The zero-order chi connectivity index (χ0) is 13.0. The van der Waals surface area contributed by atoms with Gasteiger partial charge in [0.25, 0.3) is 0 Å². The summed E-state index contributed by atoms with van der Waals surface area (Å²) in [5.41, 5.74) is 2.29. The van der Waals surface area contributed by atoms with Crippen LogP contribution in [0.4, 0.5) is 5.82 Å². The van der Waals surface area contributed by atoms with Crippen molar-refractivity contribution in [1.82, 2.24) is 19.7 Å². The molecule has 8 heteroatoms. The van der Waals surface area contributed by atoms with Gasteiger partial charge < -0.3 is 5.43 Å². The van der Waals surface area contributed by atoms with Gasteiger partial charge >= 0.3 is 5.69 Å². The minimum atomic E-state index is -0.189. The first kappa shape index (κ1) is 12.7. The maximum absolute atomic E-state index is 11.5. The van der Waals surface area contributed by atoms with E-state index >= 15 is 0 Å². The molecule has 2 aromatic rings. The summed E-state index contributed by atoms with van der Waals surface area (Å²) in [6, 6.07) is 3.63. The van der Waals surface area contributed by atoms with Crippen molar-refractivity contribution in [2.75, 3.05) is 5.43 Å². The number of hydrogen-bond donors (Lipinski definition) is 3. The van der Waals surface area contributed by atoms with Crippen LogP contribution in [0.15, 0.2) is 33.2 Å². The molecular weight excluding hydrogens is 252 g/mol. The number of aromatic nitrogens is 4. The zero-order valence-corrected chi connectivity index (χ0v) is 10.7. The van der Waals surface area contributed by atoms with Gasteiger partial charge in [-0.1, -0.05) is 6.92 Å². The third-order valence-electron chi connectivity index (χ3n) is 2.26. The van der Waals surface area contributed by atoms with Crippen molar-refractivity contribution in [1.29, 1.82) is 0 Å². The maximum Gasteiger partial charge on any atom is 0.343 e. The monoisotopic (exact) mass is 266 g/mol. The third kappa shape index (κ3) is 2.71. The summed E-state index contributed by atoms with van der Waals surface area (Å²) in [5.74, 6) is 5.86. The van der Waals surface area contributed by atoms with Crippen LogP contribution in [-0.2, 0) is 6.54 Å². The first-order valence-electron chi connectivity index (χ1n) is 5.50. The summed E-state index contributed by atoms with van der Waals surface area (Å²) in [4.78, 5) is 16.5. The molecule has 2 heterocycles. The summed E-state index contributed by atoms with van der Waals surface area (Å²) < 4.78 is 1.61. The van der Waals surface area contributed by atoms with Crippen LogP contribution < -0.4 is 17.0 Å². The molecule has 0 aliphatic heterocycles. The summed E-state index contributed by atoms with van der Waals surface area (Å²) in [5, 5.41) is 7.09. The Hall–Kier alpha value is -1.80. The van der Waals surface area contributed by atoms with E-state index in [9.17, 15) is 4.79 Å². The van der Waals surface area contributed by atoms with E-state index in [0.29, 0.717) is 17.5 Å². The van der Waals surface area contributed by atoms with E-state index in [1.54, 1.807) is 16.8 Å². The smallest absolute Gasteiger partial charge is 0.308 e. The normalized spacial score (nSPS) is 10.6. The zero-order valence-electron chi connectivity index (χ0n) is 9.88. The minimum absolute atomic E-state index is 0.189. The topological polar surface area (TPSA) is 102 Å². The maximum atomic E-state index is 11.5. The Morgan fingerprint density at radius 1 is 1.61 bits per heavy atom. The second-order valence-corrected chi connectivity index (χ2v) is 4.63. The second kappa shape index (κ2) is 5.69. The Balaban J connectivity index is 2.25. The molecule has 2 aromatic heterocycles. The van der Waals surface area contributed by atoms with Gasteiger partial charge in [0.2, 0.25) is 0 Å². The van der Waals surface area contributed by atoms with Gasteiger partial charge in [-0.05, 0) is 30.3 Å². The lowest BCUT2D eigenvalue weighted by Crippen LogP contribution is -2.17. The number of nitrogens with two attached hydrogens (primary N) is 1. The number of aromatic amines is 1. The van der Waals surface area contributed by atoms with Crippen LogP contribution in [0.3, 0.4) is 0 Å². The molecule has 0 amide bonds. The van der Waals surface area contributed by atoms with E-state index < -0.39 is 0 Å². The Bertz CT molecular complexity index is 578. The van der Waals surface area contributed by atoms with E-state index in [1.165, 1.54) is 11.8 Å². The summed E-state index contributed by atoms with van der Waals surface area (Å²) in [6.07, 6.45) is 2.52. The highest BCUT2D eigenvalue weighted by Crippen LogP contribution is 2.25. The Morgan fingerprint density at radius 2 is 2.44 bits per heavy atom. The molecule has 0 aromatic carbocycles. The molecule has 0 bridgehead atoms. The number of pyridine rings is 1. The van der Waals surface area contributed by atoms with E-state index in [2.05, 4.69) is 20.6 Å². The summed E-state index contributed by atoms with van der Waals surface area (Å²) in [7, 11) is 0. The molecule has 2 rings (SSSR count). The Labute approximate surface area is 108 Å². The highest BCUT2D eigenvalue weighted by Gasteiger charge is 2.09. The molecule has 0 fully saturated rings. The highest BCUT2D eigenvalue weighted by molar-refractivity contribution is 7.99. The van der Waals surface area contributed by atoms with Gasteiger partial charge in [-0.2, -0.15) is 0 Å². The Kier molecular flexibility index (Phi) is 4.00.